The Morgan fingerprint density at radius 2 is 1.94 bits per heavy atom. The van der Waals surface area contributed by atoms with Crippen molar-refractivity contribution in [2.24, 2.45) is 11.3 Å². The van der Waals surface area contributed by atoms with Crippen molar-refractivity contribution in [1.29, 1.82) is 0 Å². The highest BCUT2D eigenvalue weighted by Gasteiger charge is 2.50. The Hall–Kier alpha value is -1.26. The molecule has 0 aromatic heterocycles. The van der Waals surface area contributed by atoms with Gasteiger partial charge in [0.2, 0.25) is 0 Å². The van der Waals surface area contributed by atoms with Gasteiger partial charge in [0.15, 0.2) is 0 Å². The van der Waals surface area contributed by atoms with Crippen LogP contribution in [-0.2, 0) is 4.79 Å². The molecule has 2 rings (SSSR count). The molecular formula is C11H18N2O3. The third-order valence-electron chi connectivity index (χ3n) is 3.43. The van der Waals surface area contributed by atoms with Crippen LogP contribution in [0.2, 0.25) is 0 Å². The van der Waals surface area contributed by atoms with Crippen LogP contribution in [0.4, 0.5) is 4.79 Å². The average molecular weight is 226 g/mol. The molecule has 2 amide bonds. The second-order valence-electron chi connectivity index (χ2n) is 4.93. The molecule has 2 aliphatic rings. The van der Waals surface area contributed by atoms with Crippen LogP contribution in [-0.4, -0.2) is 30.2 Å². The largest absolute Gasteiger partial charge is 0.481 e. The molecule has 0 bridgehead atoms. The Morgan fingerprint density at radius 3 is 2.44 bits per heavy atom. The van der Waals surface area contributed by atoms with Gasteiger partial charge >= 0.3 is 12.0 Å². The summed E-state index contributed by atoms with van der Waals surface area (Å²) in [5, 5.41) is 14.3. The highest BCUT2D eigenvalue weighted by molar-refractivity contribution is 5.80. The van der Waals surface area contributed by atoms with E-state index in [1.54, 1.807) is 0 Å². The molecule has 0 atom stereocenters. The zero-order valence-corrected chi connectivity index (χ0v) is 9.29. The molecule has 0 spiro atoms. The zero-order valence-electron chi connectivity index (χ0n) is 9.29. The van der Waals surface area contributed by atoms with Gasteiger partial charge < -0.3 is 15.7 Å². The number of urea groups is 1. The van der Waals surface area contributed by atoms with Crippen molar-refractivity contribution in [2.75, 3.05) is 13.1 Å². The van der Waals surface area contributed by atoms with E-state index in [0.717, 1.165) is 12.3 Å². The normalized spacial score (nSPS) is 21.2. The van der Waals surface area contributed by atoms with Gasteiger partial charge in [-0.1, -0.05) is 12.8 Å². The SMILES string of the molecule is O=C(NCCC1CC1)NCC1(C(=O)O)CC1. The second kappa shape index (κ2) is 4.31. The molecule has 2 fully saturated rings. The van der Waals surface area contributed by atoms with Crippen molar-refractivity contribution in [3.05, 3.63) is 0 Å². The number of amides is 2. The lowest BCUT2D eigenvalue weighted by molar-refractivity contribution is -0.143. The number of aliphatic carboxylic acids is 1. The topological polar surface area (TPSA) is 78.4 Å². The van der Waals surface area contributed by atoms with Crippen molar-refractivity contribution >= 4 is 12.0 Å². The monoisotopic (exact) mass is 226 g/mol. The zero-order chi connectivity index (χ0) is 11.6. The van der Waals surface area contributed by atoms with Crippen LogP contribution in [0.3, 0.4) is 0 Å². The summed E-state index contributed by atoms with van der Waals surface area (Å²) < 4.78 is 0. The maximum atomic E-state index is 11.3. The van der Waals surface area contributed by atoms with Crippen LogP contribution in [0.15, 0.2) is 0 Å². The minimum absolute atomic E-state index is 0.242. The Bertz CT molecular complexity index is 296. The molecule has 2 saturated carbocycles. The van der Waals surface area contributed by atoms with Crippen LogP contribution in [0.1, 0.15) is 32.1 Å². The maximum absolute atomic E-state index is 11.3. The molecule has 5 heteroatoms. The summed E-state index contributed by atoms with van der Waals surface area (Å²) in [6.07, 6.45) is 4.95. The van der Waals surface area contributed by atoms with E-state index in [-0.39, 0.29) is 12.6 Å². The number of nitrogens with one attached hydrogen (secondary N) is 2. The van der Waals surface area contributed by atoms with E-state index in [1.807, 2.05) is 0 Å². The third kappa shape index (κ3) is 2.87. The van der Waals surface area contributed by atoms with Gasteiger partial charge in [0.05, 0.1) is 5.41 Å². The van der Waals surface area contributed by atoms with Crippen molar-refractivity contribution in [3.8, 4) is 0 Å². The summed E-state index contributed by atoms with van der Waals surface area (Å²) in [6, 6.07) is -0.242. The number of hydrogen-bond acceptors (Lipinski definition) is 2. The second-order valence-corrected chi connectivity index (χ2v) is 4.93. The van der Waals surface area contributed by atoms with Crippen LogP contribution >= 0.6 is 0 Å². The average Bonchev–Trinajstić information content (AvgIpc) is 3.10. The summed E-state index contributed by atoms with van der Waals surface area (Å²) in [6.45, 7) is 0.939. The van der Waals surface area contributed by atoms with Crippen LogP contribution in [0.5, 0.6) is 0 Å². The predicted molar refractivity (Wildman–Crippen MR) is 58.0 cm³/mol. The lowest BCUT2D eigenvalue weighted by Gasteiger charge is -2.11. The number of carboxylic acids is 1. The van der Waals surface area contributed by atoms with Crippen LogP contribution in [0.25, 0.3) is 0 Å². The van der Waals surface area contributed by atoms with Gasteiger partial charge in [0.25, 0.3) is 0 Å². The third-order valence-corrected chi connectivity index (χ3v) is 3.43. The summed E-state index contributed by atoms with van der Waals surface area (Å²) in [7, 11) is 0. The summed E-state index contributed by atoms with van der Waals surface area (Å²) in [4.78, 5) is 22.2. The first-order valence-electron chi connectivity index (χ1n) is 5.87. The summed E-state index contributed by atoms with van der Waals surface area (Å²) in [5.74, 6) is -0.000116. The molecule has 0 radical (unpaired) electrons. The Balaban J connectivity index is 1.58. The molecule has 0 heterocycles. The first-order chi connectivity index (χ1) is 7.62. The molecule has 0 aliphatic heterocycles. The summed E-state index contributed by atoms with van der Waals surface area (Å²) >= 11 is 0. The fourth-order valence-corrected chi connectivity index (χ4v) is 1.73. The van der Waals surface area contributed by atoms with Gasteiger partial charge in [0, 0.05) is 13.1 Å². The fourth-order valence-electron chi connectivity index (χ4n) is 1.73. The summed E-state index contributed by atoms with van der Waals surface area (Å²) in [5.41, 5.74) is -0.673. The number of hydrogen-bond donors (Lipinski definition) is 3. The van der Waals surface area contributed by atoms with Gasteiger partial charge in [-0.15, -0.1) is 0 Å². The van der Waals surface area contributed by atoms with E-state index in [9.17, 15) is 9.59 Å². The lowest BCUT2D eigenvalue weighted by Crippen LogP contribution is -2.41. The van der Waals surface area contributed by atoms with Gasteiger partial charge in [-0.25, -0.2) is 4.79 Å². The van der Waals surface area contributed by atoms with Crippen LogP contribution < -0.4 is 10.6 Å². The van der Waals surface area contributed by atoms with Gasteiger partial charge in [-0.05, 0) is 25.2 Å². The van der Waals surface area contributed by atoms with Crippen LogP contribution in [0, 0.1) is 11.3 Å². The van der Waals surface area contributed by atoms with Crippen molar-refractivity contribution in [1.82, 2.24) is 10.6 Å². The highest BCUT2D eigenvalue weighted by atomic mass is 16.4. The minimum atomic E-state index is -0.800. The number of carbonyl (C=O) groups is 2. The molecule has 0 unspecified atom stereocenters. The quantitative estimate of drug-likeness (QED) is 0.631. The van der Waals surface area contributed by atoms with Gasteiger partial charge in [0.1, 0.15) is 0 Å². The van der Waals surface area contributed by atoms with E-state index in [0.29, 0.717) is 19.4 Å². The molecule has 2 aliphatic carbocycles. The molecule has 0 aromatic rings. The predicted octanol–water partition coefficient (Wildman–Crippen LogP) is 0.950. The molecule has 3 N–H and O–H groups in total. The van der Waals surface area contributed by atoms with E-state index in [2.05, 4.69) is 10.6 Å². The van der Waals surface area contributed by atoms with Gasteiger partial charge in [-0.2, -0.15) is 0 Å². The Kier molecular flexibility index (Phi) is 3.03. The first-order valence-corrected chi connectivity index (χ1v) is 5.87. The number of carbonyl (C=O) groups excluding carboxylic acids is 1. The fraction of sp³-hybridized carbons (Fsp3) is 0.818. The molecule has 0 aromatic carbocycles. The van der Waals surface area contributed by atoms with Gasteiger partial charge in [-0.3, -0.25) is 4.79 Å². The van der Waals surface area contributed by atoms with E-state index in [4.69, 9.17) is 5.11 Å². The standard InChI is InChI=1S/C11H18N2O3/c14-9(15)11(4-5-11)7-13-10(16)12-6-3-8-1-2-8/h8H,1-7H2,(H,14,15)(H2,12,13,16). The molecular weight excluding hydrogens is 208 g/mol. The Morgan fingerprint density at radius 1 is 1.25 bits per heavy atom. The smallest absolute Gasteiger partial charge is 0.314 e. The Labute approximate surface area is 94.6 Å². The van der Waals surface area contributed by atoms with E-state index >= 15 is 0 Å². The number of carboxylic acid groups (broad SMARTS) is 1. The van der Waals surface area contributed by atoms with Crippen molar-refractivity contribution in [2.45, 2.75) is 32.1 Å². The van der Waals surface area contributed by atoms with Crippen molar-refractivity contribution < 1.29 is 14.7 Å². The molecule has 0 saturated heterocycles. The van der Waals surface area contributed by atoms with E-state index < -0.39 is 11.4 Å². The maximum Gasteiger partial charge on any atom is 0.314 e. The molecule has 90 valence electrons. The molecule has 16 heavy (non-hydrogen) atoms. The minimum Gasteiger partial charge on any atom is -0.481 e. The molecule has 5 nitrogen and oxygen atoms in total. The highest BCUT2D eigenvalue weighted by Crippen LogP contribution is 2.45. The first kappa shape index (κ1) is 11.2. The van der Waals surface area contributed by atoms with Crippen molar-refractivity contribution in [3.63, 3.8) is 0 Å². The lowest BCUT2D eigenvalue weighted by atomic mass is 10.1. The van der Waals surface area contributed by atoms with E-state index in [1.165, 1.54) is 12.8 Å². The number of rotatable bonds is 6.